The average molecular weight is 635 g/mol. The number of likely N-dealkylation sites (tertiary alicyclic amines) is 2. The fraction of sp³-hybridized carbons (Fsp3) is 0.436. The quantitative estimate of drug-likeness (QED) is 0.187. The average Bonchev–Trinajstić information content (AvgIpc) is 3.78. The van der Waals surface area contributed by atoms with Gasteiger partial charge in [0.05, 0.1) is 11.1 Å². The monoisotopic (exact) mass is 634 g/mol. The Balaban J connectivity index is 1.24. The lowest BCUT2D eigenvalue weighted by Gasteiger charge is -2.38. The molecule has 8 rings (SSSR count). The van der Waals surface area contributed by atoms with Gasteiger partial charge in [0.2, 0.25) is 5.43 Å². The van der Waals surface area contributed by atoms with Crippen LogP contribution in [-0.4, -0.2) is 65.1 Å². The zero-order valence-corrected chi connectivity index (χ0v) is 27.0. The number of amides is 1. The molecule has 1 aromatic heterocycles. The Bertz CT molecular complexity index is 1930. The van der Waals surface area contributed by atoms with E-state index in [4.69, 9.17) is 4.74 Å². The maximum atomic E-state index is 16.3. The maximum absolute atomic E-state index is 16.3. The van der Waals surface area contributed by atoms with Gasteiger partial charge in [0.15, 0.2) is 11.5 Å². The van der Waals surface area contributed by atoms with Crippen LogP contribution >= 0.6 is 0 Å². The number of fused-ring (bicyclic) bond motifs is 3. The predicted octanol–water partition coefficient (Wildman–Crippen LogP) is 6.97. The second-order valence-corrected chi connectivity index (χ2v) is 14.0. The molecule has 1 aliphatic carbocycles. The van der Waals surface area contributed by atoms with Gasteiger partial charge in [-0.25, -0.2) is 4.39 Å². The Kier molecular flexibility index (Phi) is 8.10. The van der Waals surface area contributed by atoms with Crippen LogP contribution in [-0.2, 0) is 6.42 Å². The second kappa shape index (κ2) is 12.5. The summed E-state index contributed by atoms with van der Waals surface area (Å²) in [5, 5.41) is 5.73. The van der Waals surface area contributed by atoms with Gasteiger partial charge in [0, 0.05) is 43.5 Å². The van der Waals surface area contributed by atoms with E-state index in [1.807, 2.05) is 51.9 Å². The highest BCUT2D eigenvalue weighted by Crippen LogP contribution is 2.46. The van der Waals surface area contributed by atoms with Crippen molar-refractivity contribution in [3.05, 3.63) is 88.5 Å². The van der Waals surface area contributed by atoms with Gasteiger partial charge in [-0.2, -0.15) is 0 Å². The van der Waals surface area contributed by atoms with Crippen molar-refractivity contribution in [3.63, 3.8) is 0 Å². The largest absolute Gasteiger partial charge is 0.452 e. The zero-order valence-electron chi connectivity index (χ0n) is 27.0. The number of nitrogens with one attached hydrogen (secondary N) is 1. The standard InChI is InChI=1S/C39H43FN4O3/c1-2-14-41-28-13-12-25(18-28)19-30-33(40)22-31-36-38(30)47-35-21-27-10-4-3-9-26(27)20-34(35)44(36)24-32(37(31)45)39(46)43-17-6-5-11-29(43)23-42-15-7-8-16-42/h2-4,9-10,20-22,24-25,28-29,41H,1,5-8,11-19,23H2. The van der Waals surface area contributed by atoms with Crippen molar-refractivity contribution in [1.29, 1.82) is 0 Å². The van der Waals surface area contributed by atoms with E-state index in [0.29, 0.717) is 41.6 Å². The van der Waals surface area contributed by atoms with Crippen LogP contribution in [0.5, 0.6) is 11.5 Å². The molecule has 2 saturated heterocycles. The summed E-state index contributed by atoms with van der Waals surface area (Å²) in [5.41, 5.74) is 1.45. The molecule has 0 bridgehead atoms. The number of carbonyl (C=O) groups is 1. The van der Waals surface area contributed by atoms with Gasteiger partial charge in [-0.15, -0.1) is 6.58 Å². The number of pyridine rings is 1. The van der Waals surface area contributed by atoms with Crippen LogP contribution in [0.15, 0.2) is 66.1 Å². The summed E-state index contributed by atoms with van der Waals surface area (Å²) in [4.78, 5) is 33.0. The molecule has 1 amide bonds. The number of benzene rings is 3. The number of nitrogens with zero attached hydrogens (tertiary/aromatic N) is 3. The summed E-state index contributed by atoms with van der Waals surface area (Å²) in [6.45, 7) is 8.15. The third-order valence-electron chi connectivity index (χ3n) is 11.0. The van der Waals surface area contributed by atoms with Crippen LogP contribution in [0.2, 0.25) is 0 Å². The molecular formula is C39H43FN4O3. The van der Waals surface area contributed by atoms with Gasteiger partial charge < -0.3 is 24.4 Å². The third kappa shape index (κ3) is 5.55. The highest BCUT2D eigenvalue weighted by atomic mass is 19.1. The summed E-state index contributed by atoms with van der Waals surface area (Å²) in [6, 6.07) is 13.9. The van der Waals surface area contributed by atoms with E-state index >= 15 is 4.39 Å². The van der Waals surface area contributed by atoms with Crippen LogP contribution in [0.3, 0.4) is 0 Å². The molecule has 4 aliphatic rings. The summed E-state index contributed by atoms with van der Waals surface area (Å²) < 4.78 is 24.8. The Morgan fingerprint density at radius 1 is 1.02 bits per heavy atom. The second-order valence-electron chi connectivity index (χ2n) is 14.0. The SMILES string of the molecule is C=CCNC1CCC(Cc2c(F)cc3c(=O)c(C(=O)N4CCCCC4CN4CCCC4)cn4c3c2Oc2cc3ccccc3cc2-4)C1. The number of aromatic nitrogens is 1. The van der Waals surface area contributed by atoms with Crippen molar-refractivity contribution < 1.29 is 13.9 Å². The summed E-state index contributed by atoms with van der Waals surface area (Å²) in [7, 11) is 0. The molecule has 1 saturated carbocycles. The molecular weight excluding hydrogens is 591 g/mol. The van der Waals surface area contributed by atoms with Crippen molar-refractivity contribution in [2.75, 3.05) is 32.7 Å². The number of ether oxygens (including phenoxy) is 1. The molecule has 7 nitrogen and oxygen atoms in total. The molecule has 0 radical (unpaired) electrons. The Hall–Kier alpha value is -4.01. The lowest BCUT2D eigenvalue weighted by Crippen LogP contribution is -2.50. The first-order valence-corrected chi connectivity index (χ1v) is 17.5. The van der Waals surface area contributed by atoms with Gasteiger partial charge in [0.25, 0.3) is 5.91 Å². The lowest BCUT2D eigenvalue weighted by atomic mass is 9.94. The van der Waals surface area contributed by atoms with Gasteiger partial charge in [-0.3, -0.25) is 9.59 Å². The Morgan fingerprint density at radius 3 is 2.62 bits per heavy atom. The number of hydrogen-bond donors (Lipinski definition) is 1. The summed E-state index contributed by atoms with van der Waals surface area (Å²) in [5.74, 6) is 0.570. The minimum Gasteiger partial charge on any atom is -0.452 e. The normalized spacial score (nSPS) is 22.5. The molecule has 47 heavy (non-hydrogen) atoms. The summed E-state index contributed by atoms with van der Waals surface area (Å²) >= 11 is 0. The van der Waals surface area contributed by atoms with E-state index in [-0.39, 0.29) is 28.8 Å². The Morgan fingerprint density at radius 2 is 1.81 bits per heavy atom. The molecule has 8 heteroatoms. The van der Waals surface area contributed by atoms with Crippen molar-refractivity contribution in [1.82, 2.24) is 19.7 Å². The van der Waals surface area contributed by atoms with Crippen molar-refractivity contribution in [2.24, 2.45) is 5.92 Å². The maximum Gasteiger partial charge on any atom is 0.259 e. The molecule has 3 atom stereocenters. The molecule has 4 aromatic rings. The van der Waals surface area contributed by atoms with Crippen molar-refractivity contribution >= 4 is 27.6 Å². The first kappa shape index (κ1) is 30.3. The van der Waals surface area contributed by atoms with Crippen molar-refractivity contribution in [3.8, 4) is 17.2 Å². The summed E-state index contributed by atoms with van der Waals surface area (Å²) in [6.07, 6.45) is 12.4. The van der Waals surface area contributed by atoms with E-state index in [1.165, 1.54) is 18.9 Å². The van der Waals surface area contributed by atoms with Crippen LogP contribution < -0.4 is 15.5 Å². The van der Waals surface area contributed by atoms with Crippen LogP contribution in [0.1, 0.15) is 67.3 Å². The van der Waals surface area contributed by atoms with Gasteiger partial charge in [-0.1, -0.05) is 30.3 Å². The smallest absolute Gasteiger partial charge is 0.259 e. The molecule has 244 valence electrons. The Labute approximate surface area is 275 Å². The van der Waals surface area contributed by atoms with E-state index < -0.39 is 11.2 Å². The molecule has 3 aliphatic heterocycles. The lowest BCUT2D eigenvalue weighted by molar-refractivity contribution is 0.0559. The highest BCUT2D eigenvalue weighted by Gasteiger charge is 2.35. The fourth-order valence-electron chi connectivity index (χ4n) is 8.56. The first-order valence-electron chi connectivity index (χ1n) is 17.5. The third-order valence-corrected chi connectivity index (χ3v) is 11.0. The molecule has 1 N–H and O–H groups in total. The van der Waals surface area contributed by atoms with E-state index in [2.05, 4.69) is 16.8 Å². The number of halogens is 1. The number of hydrogen-bond acceptors (Lipinski definition) is 5. The van der Waals surface area contributed by atoms with E-state index in [0.717, 1.165) is 81.2 Å². The van der Waals surface area contributed by atoms with Crippen LogP contribution in [0, 0.1) is 11.7 Å². The van der Waals surface area contributed by atoms with Gasteiger partial charge in [0.1, 0.15) is 16.9 Å². The molecule has 0 spiro atoms. The minimum atomic E-state index is -0.447. The molecule has 3 unspecified atom stereocenters. The number of rotatable bonds is 8. The number of piperidine rings is 1. The molecule has 3 aromatic carbocycles. The van der Waals surface area contributed by atoms with E-state index in [1.54, 1.807) is 6.20 Å². The minimum absolute atomic E-state index is 0.0660. The number of carbonyl (C=O) groups excluding carboxylic acids is 1. The topological polar surface area (TPSA) is 66.8 Å². The predicted molar refractivity (Wildman–Crippen MR) is 184 cm³/mol. The van der Waals surface area contributed by atoms with Crippen molar-refractivity contribution in [2.45, 2.75) is 69.9 Å². The van der Waals surface area contributed by atoms with Gasteiger partial charge >= 0.3 is 0 Å². The van der Waals surface area contributed by atoms with Gasteiger partial charge in [-0.05, 0) is 106 Å². The zero-order chi connectivity index (χ0) is 32.1. The molecule has 4 heterocycles. The first-order chi connectivity index (χ1) is 23.0. The molecule has 3 fully saturated rings. The van der Waals surface area contributed by atoms with Crippen LogP contribution in [0.25, 0.3) is 27.4 Å². The van der Waals surface area contributed by atoms with Crippen LogP contribution in [0.4, 0.5) is 4.39 Å². The highest BCUT2D eigenvalue weighted by molar-refractivity contribution is 6.01. The van der Waals surface area contributed by atoms with E-state index in [9.17, 15) is 9.59 Å². The fourth-order valence-corrected chi connectivity index (χ4v) is 8.56.